The van der Waals surface area contributed by atoms with E-state index in [-0.39, 0.29) is 0 Å². The molecule has 8 nitrogen and oxygen atoms in total. The lowest BCUT2D eigenvalue weighted by molar-refractivity contribution is 1.01. The van der Waals surface area contributed by atoms with Gasteiger partial charge in [0.1, 0.15) is 10.5 Å². The molecule has 0 radical (unpaired) electrons. The molecule has 3 N–H and O–H groups in total. The number of anilines is 3. The van der Waals surface area contributed by atoms with E-state index in [1.165, 1.54) is 11.5 Å². The second-order valence-electron chi connectivity index (χ2n) is 5.51. The summed E-state index contributed by atoms with van der Waals surface area (Å²) in [6, 6.07) is 5.76. The highest BCUT2D eigenvalue weighted by atomic mass is 32.1. The molecule has 0 aromatic carbocycles. The van der Waals surface area contributed by atoms with Crippen molar-refractivity contribution in [3.05, 3.63) is 48.0 Å². The fraction of sp³-hybridized carbons (Fsp3) is 0.188. The van der Waals surface area contributed by atoms with Gasteiger partial charge in [-0.15, -0.1) is 0 Å². The molecule has 0 saturated heterocycles. The van der Waals surface area contributed by atoms with Crippen LogP contribution in [0.5, 0.6) is 0 Å². The molecule has 9 heteroatoms. The van der Waals surface area contributed by atoms with Crippen LogP contribution < -0.4 is 10.6 Å². The number of pyridine rings is 1. The van der Waals surface area contributed by atoms with Crippen LogP contribution in [-0.4, -0.2) is 36.1 Å². The number of hydrogen-bond acceptors (Lipinski definition) is 8. The number of aryl methyl sites for hydroxylation is 1. The van der Waals surface area contributed by atoms with E-state index in [9.17, 15) is 0 Å². The Hall–Kier alpha value is -3.07. The van der Waals surface area contributed by atoms with E-state index in [1.807, 2.05) is 37.5 Å². The highest BCUT2D eigenvalue weighted by Gasteiger charge is 2.10. The minimum atomic E-state index is 0.523. The third-order valence-corrected chi connectivity index (χ3v) is 4.37. The van der Waals surface area contributed by atoms with Crippen LogP contribution in [0.15, 0.2) is 36.8 Å². The molecule has 0 unspecified atom stereocenters. The van der Waals surface area contributed by atoms with E-state index >= 15 is 0 Å². The Bertz CT molecular complexity index is 979. The Morgan fingerprint density at radius 2 is 2.24 bits per heavy atom. The average Bonchev–Trinajstić information content (AvgIpc) is 3.27. The molecule has 4 aromatic heterocycles. The van der Waals surface area contributed by atoms with Gasteiger partial charge in [-0.2, -0.15) is 14.5 Å². The predicted molar refractivity (Wildman–Crippen MR) is 98.2 cm³/mol. The van der Waals surface area contributed by atoms with Gasteiger partial charge in [0.15, 0.2) is 5.82 Å². The molecule has 0 spiro atoms. The van der Waals surface area contributed by atoms with Crippen LogP contribution >= 0.6 is 11.5 Å². The Balaban J connectivity index is 1.59. The van der Waals surface area contributed by atoms with E-state index in [0.717, 1.165) is 40.3 Å². The number of aromatic nitrogens is 6. The first kappa shape index (κ1) is 15.5. The lowest BCUT2D eigenvalue weighted by Gasteiger charge is -2.10. The summed E-state index contributed by atoms with van der Waals surface area (Å²) in [6.45, 7) is 2.68. The Labute approximate surface area is 147 Å². The van der Waals surface area contributed by atoms with Crippen molar-refractivity contribution in [2.24, 2.45) is 0 Å². The summed E-state index contributed by atoms with van der Waals surface area (Å²) in [5.41, 5.74) is 3.64. The highest BCUT2D eigenvalue weighted by molar-refractivity contribution is 7.10. The van der Waals surface area contributed by atoms with Gasteiger partial charge in [-0.25, -0.2) is 4.98 Å². The lowest BCUT2D eigenvalue weighted by Crippen LogP contribution is -2.09. The summed E-state index contributed by atoms with van der Waals surface area (Å²) in [5, 5.41) is 14.2. The van der Waals surface area contributed by atoms with Crippen molar-refractivity contribution in [2.75, 3.05) is 17.2 Å². The number of fused-ring (bicyclic) bond motifs is 1. The third kappa shape index (κ3) is 3.56. The van der Waals surface area contributed by atoms with E-state index < -0.39 is 0 Å². The second-order valence-corrected chi connectivity index (χ2v) is 6.31. The summed E-state index contributed by atoms with van der Waals surface area (Å²) in [4.78, 5) is 13.5. The van der Waals surface area contributed by atoms with Gasteiger partial charge < -0.3 is 10.6 Å². The molecular weight excluding hydrogens is 336 g/mol. The van der Waals surface area contributed by atoms with Crippen molar-refractivity contribution in [2.45, 2.75) is 13.3 Å². The lowest BCUT2D eigenvalue weighted by atomic mass is 10.2. The zero-order valence-electron chi connectivity index (χ0n) is 13.5. The summed E-state index contributed by atoms with van der Waals surface area (Å²) >= 11 is 1.38. The maximum absolute atomic E-state index is 4.58. The number of nitrogens with one attached hydrogen (secondary N) is 3. The molecule has 25 heavy (non-hydrogen) atoms. The van der Waals surface area contributed by atoms with Gasteiger partial charge in [0.2, 0.25) is 5.95 Å². The van der Waals surface area contributed by atoms with E-state index in [0.29, 0.717) is 11.8 Å². The van der Waals surface area contributed by atoms with Crippen LogP contribution in [0.2, 0.25) is 0 Å². The normalized spacial score (nSPS) is 10.9. The molecule has 4 heterocycles. The number of rotatable bonds is 6. The minimum absolute atomic E-state index is 0.523. The van der Waals surface area contributed by atoms with Crippen LogP contribution in [-0.2, 0) is 6.42 Å². The maximum Gasteiger partial charge on any atom is 0.230 e. The zero-order valence-corrected chi connectivity index (χ0v) is 14.3. The van der Waals surface area contributed by atoms with Crippen molar-refractivity contribution in [3.63, 3.8) is 0 Å². The summed E-state index contributed by atoms with van der Waals surface area (Å²) in [7, 11) is 0. The van der Waals surface area contributed by atoms with Gasteiger partial charge in [-0.3, -0.25) is 10.1 Å². The van der Waals surface area contributed by atoms with Gasteiger partial charge in [0, 0.05) is 18.9 Å². The van der Waals surface area contributed by atoms with Crippen LogP contribution in [0.25, 0.3) is 11.0 Å². The van der Waals surface area contributed by atoms with Crippen LogP contribution in [0, 0.1) is 6.92 Å². The molecule has 0 amide bonds. The molecule has 0 atom stereocenters. The van der Waals surface area contributed by atoms with Gasteiger partial charge in [0.05, 0.1) is 17.4 Å². The van der Waals surface area contributed by atoms with Crippen molar-refractivity contribution in [3.8, 4) is 0 Å². The Morgan fingerprint density at radius 3 is 3.04 bits per heavy atom. The van der Waals surface area contributed by atoms with Crippen molar-refractivity contribution in [1.29, 1.82) is 0 Å². The monoisotopic (exact) mass is 352 g/mol. The molecule has 0 aliphatic heterocycles. The summed E-state index contributed by atoms with van der Waals surface area (Å²) in [5.74, 6) is 1.23. The first-order valence-corrected chi connectivity index (χ1v) is 8.60. The maximum atomic E-state index is 4.58. The predicted octanol–water partition coefficient (Wildman–Crippen LogP) is 2.91. The first-order valence-electron chi connectivity index (χ1n) is 7.82. The van der Waals surface area contributed by atoms with Gasteiger partial charge in [-0.05, 0) is 48.6 Å². The number of H-pyrrole nitrogens is 1. The van der Waals surface area contributed by atoms with E-state index in [1.54, 1.807) is 6.20 Å². The van der Waals surface area contributed by atoms with Crippen molar-refractivity contribution < 1.29 is 0 Å². The second kappa shape index (κ2) is 6.81. The number of aromatic amines is 1. The van der Waals surface area contributed by atoms with Crippen LogP contribution in [0.4, 0.5) is 16.8 Å². The summed E-state index contributed by atoms with van der Waals surface area (Å²) < 4.78 is 4.26. The fourth-order valence-electron chi connectivity index (χ4n) is 2.42. The molecule has 0 aliphatic rings. The minimum Gasteiger partial charge on any atom is -0.368 e. The molecule has 0 saturated carbocycles. The molecule has 4 aromatic rings. The smallest absolute Gasteiger partial charge is 0.230 e. The zero-order chi connectivity index (χ0) is 17.1. The van der Waals surface area contributed by atoms with Crippen LogP contribution in [0.3, 0.4) is 0 Å². The SMILES string of the molecule is Cc1cc(Nc2nc(NCCc3cn[nH]c3)c3ncccc3n2)sn1. The molecule has 4 rings (SSSR count). The van der Waals surface area contributed by atoms with Gasteiger partial charge in [-0.1, -0.05) is 0 Å². The standard InChI is InChI=1S/C16H16N8S/c1-10-7-13(25-24-10)22-16-21-12-3-2-5-17-14(12)15(23-16)18-6-4-11-8-19-20-9-11/h2-3,5,7-9H,4,6H2,1H3,(H,19,20)(H2,18,21,22,23). The molecule has 0 bridgehead atoms. The van der Waals surface area contributed by atoms with Gasteiger partial charge >= 0.3 is 0 Å². The number of nitrogens with zero attached hydrogens (tertiary/aromatic N) is 5. The van der Waals surface area contributed by atoms with Crippen molar-refractivity contribution in [1.82, 2.24) is 29.5 Å². The van der Waals surface area contributed by atoms with Crippen LogP contribution in [0.1, 0.15) is 11.3 Å². The number of hydrogen-bond donors (Lipinski definition) is 3. The first-order chi connectivity index (χ1) is 12.3. The molecule has 0 aliphatic carbocycles. The van der Waals surface area contributed by atoms with E-state index in [2.05, 4.69) is 40.2 Å². The summed E-state index contributed by atoms with van der Waals surface area (Å²) in [6.07, 6.45) is 6.28. The third-order valence-electron chi connectivity index (χ3n) is 3.58. The molecular formula is C16H16N8S. The van der Waals surface area contributed by atoms with Crippen molar-refractivity contribution >= 4 is 39.3 Å². The quantitative estimate of drug-likeness (QED) is 0.490. The Morgan fingerprint density at radius 1 is 1.28 bits per heavy atom. The van der Waals surface area contributed by atoms with Gasteiger partial charge in [0.25, 0.3) is 0 Å². The van der Waals surface area contributed by atoms with E-state index in [4.69, 9.17) is 0 Å². The fourth-order valence-corrected chi connectivity index (χ4v) is 3.07. The average molecular weight is 352 g/mol. The molecule has 0 fully saturated rings. The topological polar surface area (TPSA) is 104 Å². The largest absolute Gasteiger partial charge is 0.368 e. The highest BCUT2D eigenvalue weighted by Crippen LogP contribution is 2.24. The Kier molecular flexibility index (Phi) is 4.21. The molecule has 126 valence electrons.